The number of aliphatic hydroxyl groups is 1. The van der Waals surface area contributed by atoms with Gasteiger partial charge in [-0.2, -0.15) is 0 Å². The Morgan fingerprint density at radius 3 is 2.40 bits per heavy atom. The predicted molar refractivity (Wildman–Crippen MR) is 79.3 cm³/mol. The monoisotopic (exact) mass is 279 g/mol. The van der Waals surface area contributed by atoms with Crippen LogP contribution in [0.4, 0.5) is 0 Å². The summed E-state index contributed by atoms with van der Waals surface area (Å²) in [5.41, 5.74) is 0.0196. The summed E-state index contributed by atoms with van der Waals surface area (Å²) in [6.45, 7) is 5.42. The summed E-state index contributed by atoms with van der Waals surface area (Å²) in [7, 11) is 0. The molecule has 1 aliphatic rings. The molecule has 0 aromatic heterocycles. The van der Waals surface area contributed by atoms with Gasteiger partial charge in [0, 0.05) is 6.61 Å². The molecular weight excluding hydrogens is 254 g/mol. The fourth-order valence-electron chi connectivity index (χ4n) is 2.67. The van der Waals surface area contributed by atoms with Crippen LogP contribution in [0, 0.1) is 5.41 Å². The molecule has 4 heteroatoms. The lowest BCUT2D eigenvalue weighted by atomic mass is 9.77. The Kier molecular flexibility index (Phi) is 5.68. The Morgan fingerprint density at radius 1 is 1.15 bits per heavy atom. The van der Waals surface area contributed by atoms with Crippen molar-refractivity contribution in [3.8, 4) is 11.5 Å². The maximum absolute atomic E-state index is 9.67. The van der Waals surface area contributed by atoms with E-state index in [4.69, 9.17) is 9.47 Å². The van der Waals surface area contributed by atoms with Crippen molar-refractivity contribution in [3.63, 3.8) is 0 Å². The van der Waals surface area contributed by atoms with Gasteiger partial charge in [-0.05, 0) is 56.8 Å². The molecule has 0 spiro atoms. The summed E-state index contributed by atoms with van der Waals surface area (Å²) in [6.07, 6.45) is 2.91. The average Bonchev–Trinajstić information content (AvgIpc) is 2.50. The largest absolute Gasteiger partial charge is 0.490 e. The molecule has 1 aromatic carbocycles. The lowest BCUT2D eigenvalue weighted by Gasteiger charge is -2.35. The van der Waals surface area contributed by atoms with E-state index in [2.05, 4.69) is 5.32 Å². The van der Waals surface area contributed by atoms with Gasteiger partial charge in [0.05, 0.1) is 13.2 Å². The second-order valence-electron chi connectivity index (χ2n) is 5.39. The van der Waals surface area contributed by atoms with Crippen LogP contribution in [-0.2, 0) is 0 Å². The number of ether oxygens (including phenoxy) is 2. The van der Waals surface area contributed by atoms with Crippen molar-refractivity contribution in [1.29, 1.82) is 0 Å². The van der Waals surface area contributed by atoms with E-state index in [1.165, 1.54) is 0 Å². The third-order valence-corrected chi connectivity index (χ3v) is 4.04. The first-order valence-electron chi connectivity index (χ1n) is 7.46. The van der Waals surface area contributed by atoms with E-state index < -0.39 is 0 Å². The Balaban J connectivity index is 1.88. The van der Waals surface area contributed by atoms with Gasteiger partial charge in [0.1, 0.15) is 0 Å². The Labute approximate surface area is 121 Å². The van der Waals surface area contributed by atoms with E-state index >= 15 is 0 Å². The molecule has 0 atom stereocenters. The molecule has 2 rings (SSSR count). The molecule has 0 aliphatic carbocycles. The molecule has 1 aliphatic heterocycles. The van der Waals surface area contributed by atoms with Gasteiger partial charge in [0.2, 0.25) is 0 Å². The van der Waals surface area contributed by atoms with Crippen molar-refractivity contribution in [3.05, 3.63) is 24.3 Å². The van der Waals surface area contributed by atoms with Gasteiger partial charge in [-0.25, -0.2) is 0 Å². The first-order valence-corrected chi connectivity index (χ1v) is 7.46. The lowest BCUT2D eigenvalue weighted by Crippen LogP contribution is -2.40. The van der Waals surface area contributed by atoms with Gasteiger partial charge in [-0.3, -0.25) is 0 Å². The fraction of sp³-hybridized carbons (Fsp3) is 0.625. The highest BCUT2D eigenvalue weighted by Crippen LogP contribution is 2.33. The van der Waals surface area contributed by atoms with Gasteiger partial charge in [0.15, 0.2) is 11.5 Å². The van der Waals surface area contributed by atoms with Gasteiger partial charge in [0.25, 0.3) is 0 Å². The zero-order chi connectivity index (χ0) is 14.3. The summed E-state index contributed by atoms with van der Waals surface area (Å²) >= 11 is 0. The predicted octanol–water partition coefficient (Wildman–Crippen LogP) is 2.22. The summed E-state index contributed by atoms with van der Waals surface area (Å²) < 4.78 is 11.4. The summed E-state index contributed by atoms with van der Waals surface area (Å²) in [5, 5.41) is 13.0. The molecule has 0 radical (unpaired) electrons. The second-order valence-corrected chi connectivity index (χ2v) is 5.39. The Morgan fingerprint density at radius 2 is 1.80 bits per heavy atom. The number of aliphatic hydroxyl groups excluding tert-OH is 1. The summed E-state index contributed by atoms with van der Waals surface area (Å²) in [6, 6.07) is 7.74. The minimum absolute atomic E-state index is 0.0196. The molecule has 1 saturated heterocycles. The fourth-order valence-corrected chi connectivity index (χ4v) is 2.67. The molecule has 112 valence electrons. The van der Waals surface area contributed by atoms with Crippen molar-refractivity contribution >= 4 is 0 Å². The summed E-state index contributed by atoms with van der Waals surface area (Å²) in [5.74, 6) is 1.58. The minimum Gasteiger partial charge on any atom is -0.490 e. The average molecular weight is 279 g/mol. The van der Waals surface area contributed by atoms with Crippen LogP contribution in [0.25, 0.3) is 0 Å². The molecule has 4 nitrogen and oxygen atoms in total. The van der Waals surface area contributed by atoms with Crippen molar-refractivity contribution in [1.82, 2.24) is 5.32 Å². The molecule has 0 unspecified atom stereocenters. The van der Waals surface area contributed by atoms with E-state index in [9.17, 15) is 5.11 Å². The van der Waals surface area contributed by atoms with Crippen molar-refractivity contribution in [2.24, 2.45) is 5.41 Å². The van der Waals surface area contributed by atoms with Crippen molar-refractivity contribution in [2.45, 2.75) is 26.2 Å². The Bertz CT molecular complexity index is 402. The first-order chi connectivity index (χ1) is 9.79. The highest BCUT2D eigenvalue weighted by molar-refractivity contribution is 5.39. The Hall–Kier alpha value is -1.26. The quantitative estimate of drug-likeness (QED) is 0.803. The minimum atomic E-state index is 0.0196. The summed E-state index contributed by atoms with van der Waals surface area (Å²) in [4.78, 5) is 0. The lowest BCUT2D eigenvalue weighted by molar-refractivity contribution is 0.0643. The number of para-hydroxylation sites is 2. The zero-order valence-electron chi connectivity index (χ0n) is 12.2. The van der Waals surface area contributed by atoms with Crippen LogP contribution in [0.3, 0.4) is 0 Å². The highest BCUT2D eigenvalue weighted by atomic mass is 16.5. The normalized spacial score (nSPS) is 17.7. The van der Waals surface area contributed by atoms with E-state index in [1.54, 1.807) is 0 Å². The number of rotatable bonds is 7. The molecule has 0 bridgehead atoms. The van der Waals surface area contributed by atoms with Crippen molar-refractivity contribution < 1.29 is 14.6 Å². The van der Waals surface area contributed by atoms with Crippen LogP contribution in [0.5, 0.6) is 11.5 Å². The number of hydrogen-bond donors (Lipinski definition) is 2. The van der Waals surface area contributed by atoms with Gasteiger partial charge >= 0.3 is 0 Å². The highest BCUT2D eigenvalue weighted by Gasteiger charge is 2.31. The van der Waals surface area contributed by atoms with Crippen LogP contribution in [0.2, 0.25) is 0 Å². The molecule has 2 N–H and O–H groups in total. The third kappa shape index (κ3) is 3.87. The molecule has 0 amide bonds. The maximum atomic E-state index is 9.67. The van der Waals surface area contributed by atoms with Gasteiger partial charge in [-0.1, -0.05) is 12.1 Å². The maximum Gasteiger partial charge on any atom is 0.161 e. The number of piperidine rings is 1. The molecule has 1 fully saturated rings. The third-order valence-electron chi connectivity index (χ3n) is 4.04. The van der Waals surface area contributed by atoms with E-state index in [0.717, 1.165) is 43.9 Å². The molecule has 0 saturated carbocycles. The molecular formula is C16H25NO3. The van der Waals surface area contributed by atoms with Gasteiger partial charge < -0.3 is 19.9 Å². The van der Waals surface area contributed by atoms with E-state index in [-0.39, 0.29) is 12.0 Å². The second kappa shape index (κ2) is 7.50. The topological polar surface area (TPSA) is 50.7 Å². The zero-order valence-corrected chi connectivity index (χ0v) is 12.2. The van der Waals surface area contributed by atoms with Gasteiger partial charge in [-0.15, -0.1) is 0 Å². The first kappa shape index (κ1) is 15.1. The van der Waals surface area contributed by atoms with E-state index in [1.807, 2.05) is 31.2 Å². The van der Waals surface area contributed by atoms with Crippen LogP contribution in [-0.4, -0.2) is 38.0 Å². The number of benzene rings is 1. The van der Waals surface area contributed by atoms with Crippen LogP contribution in [0.1, 0.15) is 26.2 Å². The molecule has 1 heterocycles. The number of nitrogens with one attached hydrogen (secondary N) is 1. The van der Waals surface area contributed by atoms with E-state index in [0.29, 0.717) is 13.2 Å². The molecule has 20 heavy (non-hydrogen) atoms. The van der Waals surface area contributed by atoms with Crippen molar-refractivity contribution in [2.75, 3.05) is 32.9 Å². The standard InChI is InChI=1S/C16H25NO3/c1-2-19-14-5-3-4-6-15(14)20-12-9-16(13-18)7-10-17-11-8-16/h3-6,17-18H,2,7-13H2,1H3. The van der Waals surface area contributed by atoms with Crippen LogP contribution in [0.15, 0.2) is 24.3 Å². The smallest absolute Gasteiger partial charge is 0.161 e. The SMILES string of the molecule is CCOc1ccccc1OCCC1(CO)CCNCC1. The molecule has 1 aromatic rings. The number of hydrogen-bond acceptors (Lipinski definition) is 4. The van der Waals surface area contributed by atoms with Crippen LogP contribution < -0.4 is 14.8 Å². The van der Waals surface area contributed by atoms with Crippen LogP contribution >= 0.6 is 0 Å².